The average Bonchev–Trinajstić information content (AvgIpc) is 2.38. The minimum Gasteiger partial charge on any atom is -0.478 e. The lowest BCUT2D eigenvalue weighted by Gasteiger charge is -2.07. The summed E-state index contributed by atoms with van der Waals surface area (Å²) in [5.74, 6) is -1.19. The highest BCUT2D eigenvalue weighted by Crippen LogP contribution is 2.21. The van der Waals surface area contributed by atoms with Crippen LogP contribution in [-0.2, 0) is 4.79 Å². The van der Waals surface area contributed by atoms with Gasteiger partial charge in [-0.05, 0) is 37.6 Å². The van der Waals surface area contributed by atoms with Gasteiger partial charge in [0.05, 0.1) is 10.6 Å². The largest absolute Gasteiger partial charge is 0.478 e. The number of hydrogen-bond donors (Lipinski definition) is 3. The standard InChI is InChI=1S/C14H19ClN2O3/c15-12-9-10(6-7-11(12)14(19)20)17-13(18)5-3-1-2-4-8-16/h6-7,9H,1-5,8,16H2,(H,17,18)(H,19,20). The van der Waals surface area contributed by atoms with Crippen LogP contribution in [0.4, 0.5) is 5.69 Å². The molecule has 0 aliphatic rings. The van der Waals surface area contributed by atoms with Gasteiger partial charge in [0.1, 0.15) is 0 Å². The van der Waals surface area contributed by atoms with Crippen molar-refractivity contribution in [1.29, 1.82) is 0 Å². The number of nitrogens with two attached hydrogens (primary N) is 1. The number of carbonyl (C=O) groups excluding carboxylic acids is 1. The number of unbranched alkanes of at least 4 members (excludes halogenated alkanes) is 3. The Morgan fingerprint density at radius 1 is 1.20 bits per heavy atom. The van der Waals surface area contributed by atoms with Gasteiger partial charge in [0.15, 0.2) is 0 Å². The summed E-state index contributed by atoms with van der Waals surface area (Å²) < 4.78 is 0. The lowest BCUT2D eigenvalue weighted by molar-refractivity contribution is -0.116. The van der Waals surface area contributed by atoms with Crippen molar-refractivity contribution in [3.05, 3.63) is 28.8 Å². The van der Waals surface area contributed by atoms with Gasteiger partial charge >= 0.3 is 5.97 Å². The molecule has 4 N–H and O–H groups in total. The van der Waals surface area contributed by atoms with Gasteiger partial charge in [-0.25, -0.2) is 4.79 Å². The number of halogens is 1. The maximum absolute atomic E-state index is 11.7. The first-order chi connectivity index (χ1) is 9.54. The van der Waals surface area contributed by atoms with E-state index in [4.69, 9.17) is 22.4 Å². The molecule has 0 spiro atoms. The molecule has 0 unspecified atom stereocenters. The van der Waals surface area contributed by atoms with Crippen LogP contribution in [0.15, 0.2) is 18.2 Å². The molecule has 0 bridgehead atoms. The molecule has 1 aromatic rings. The predicted molar refractivity (Wildman–Crippen MR) is 79.2 cm³/mol. The third kappa shape index (κ3) is 5.59. The molecule has 1 rings (SSSR count). The van der Waals surface area contributed by atoms with Crippen molar-refractivity contribution in [2.75, 3.05) is 11.9 Å². The zero-order valence-corrected chi connectivity index (χ0v) is 11.9. The first-order valence-corrected chi connectivity index (χ1v) is 6.95. The molecule has 20 heavy (non-hydrogen) atoms. The van der Waals surface area contributed by atoms with E-state index in [0.29, 0.717) is 18.7 Å². The number of benzene rings is 1. The first-order valence-electron chi connectivity index (χ1n) is 6.57. The second-order valence-electron chi connectivity index (χ2n) is 4.50. The van der Waals surface area contributed by atoms with Crippen LogP contribution < -0.4 is 11.1 Å². The molecule has 6 heteroatoms. The van der Waals surface area contributed by atoms with Crippen molar-refractivity contribution in [2.24, 2.45) is 5.73 Å². The number of hydrogen-bond acceptors (Lipinski definition) is 3. The van der Waals surface area contributed by atoms with Gasteiger partial charge in [-0.1, -0.05) is 24.4 Å². The summed E-state index contributed by atoms with van der Waals surface area (Å²) in [6, 6.07) is 4.35. The molecule has 110 valence electrons. The molecule has 0 heterocycles. The quantitative estimate of drug-likeness (QED) is 0.643. The van der Waals surface area contributed by atoms with Crippen LogP contribution in [0.25, 0.3) is 0 Å². The topological polar surface area (TPSA) is 92.4 Å². The fourth-order valence-electron chi connectivity index (χ4n) is 1.77. The Morgan fingerprint density at radius 3 is 2.50 bits per heavy atom. The maximum Gasteiger partial charge on any atom is 0.337 e. The van der Waals surface area contributed by atoms with Crippen molar-refractivity contribution in [2.45, 2.75) is 32.1 Å². The summed E-state index contributed by atoms with van der Waals surface area (Å²) in [4.78, 5) is 22.5. The van der Waals surface area contributed by atoms with E-state index in [0.717, 1.165) is 25.7 Å². The molecule has 0 aliphatic carbocycles. The summed E-state index contributed by atoms with van der Waals surface area (Å²) >= 11 is 5.83. The summed E-state index contributed by atoms with van der Waals surface area (Å²) in [5, 5.41) is 11.7. The Bertz CT molecular complexity index is 477. The molecule has 5 nitrogen and oxygen atoms in total. The Balaban J connectivity index is 2.42. The molecule has 1 amide bonds. The molecular formula is C14H19ClN2O3. The second-order valence-corrected chi connectivity index (χ2v) is 4.91. The third-order valence-electron chi connectivity index (χ3n) is 2.84. The summed E-state index contributed by atoms with van der Waals surface area (Å²) in [6.07, 6.45) is 4.23. The number of anilines is 1. The highest BCUT2D eigenvalue weighted by Gasteiger charge is 2.10. The van der Waals surface area contributed by atoms with Gasteiger partial charge < -0.3 is 16.2 Å². The van der Waals surface area contributed by atoms with Crippen LogP contribution in [0, 0.1) is 0 Å². The molecule has 0 radical (unpaired) electrons. The highest BCUT2D eigenvalue weighted by molar-refractivity contribution is 6.33. The second kappa shape index (κ2) is 8.55. The minimum atomic E-state index is -1.09. The number of carboxylic acids is 1. The molecule has 0 aliphatic heterocycles. The lowest BCUT2D eigenvalue weighted by Crippen LogP contribution is -2.11. The summed E-state index contributed by atoms with van der Waals surface area (Å²) in [6.45, 7) is 0.681. The Kier molecular flexibility index (Phi) is 7.04. The van der Waals surface area contributed by atoms with Crippen molar-refractivity contribution < 1.29 is 14.7 Å². The predicted octanol–water partition coefficient (Wildman–Crippen LogP) is 2.89. The normalized spacial score (nSPS) is 10.3. The molecule has 1 aromatic carbocycles. The van der Waals surface area contributed by atoms with Gasteiger partial charge in [0, 0.05) is 12.1 Å². The summed E-state index contributed by atoms with van der Waals surface area (Å²) in [7, 11) is 0. The maximum atomic E-state index is 11.7. The fourth-order valence-corrected chi connectivity index (χ4v) is 2.03. The van der Waals surface area contributed by atoms with Crippen LogP contribution in [0.3, 0.4) is 0 Å². The third-order valence-corrected chi connectivity index (χ3v) is 3.15. The van der Waals surface area contributed by atoms with E-state index < -0.39 is 5.97 Å². The van der Waals surface area contributed by atoms with E-state index >= 15 is 0 Å². The van der Waals surface area contributed by atoms with E-state index in [9.17, 15) is 9.59 Å². The fraction of sp³-hybridized carbons (Fsp3) is 0.429. The molecule has 0 saturated carbocycles. The molecular weight excluding hydrogens is 280 g/mol. The molecule has 0 saturated heterocycles. The van der Waals surface area contributed by atoms with E-state index in [-0.39, 0.29) is 16.5 Å². The summed E-state index contributed by atoms with van der Waals surface area (Å²) in [5.41, 5.74) is 5.91. The Morgan fingerprint density at radius 2 is 1.90 bits per heavy atom. The monoisotopic (exact) mass is 298 g/mol. The van der Waals surface area contributed by atoms with Crippen molar-refractivity contribution in [1.82, 2.24) is 0 Å². The lowest BCUT2D eigenvalue weighted by atomic mass is 10.1. The van der Waals surface area contributed by atoms with E-state index in [1.807, 2.05) is 0 Å². The van der Waals surface area contributed by atoms with E-state index in [1.165, 1.54) is 18.2 Å². The van der Waals surface area contributed by atoms with Crippen LogP contribution in [-0.4, -0.2) is 23.5 Å². The Hall–Kier alpha value is -1.59. The van der Waals surface area contributed by atoms with Crippen molar-refractivity contribution in [3.63, 3.8) is 0 Å². The van der Waals surface area contributed by atoms with E-state index in [1.54, 1.807) is 0 Å². The van der Waals surface area contributed by atoms with Crippen LogP contribution >= 0.6 is 11.6 Å². The van der Waals surface area contributed by atoms with Crippen LogP contribution in [0.5, 0.6) is 0 Å². The van der Waals surface area contributed by atoms with Gasteiger partial charge in [0.25, 0.3) is 0 Å². The van der Waals surface area contributed by atoms with Crippen molar-refractivity contribution >= 4 is 29.2 Å². The smallest absolute Gasteiger partial charge is 0.337 e. The van der Waals surface area contributed by atoms with Crippen LogP contribution in [0.2, 0.25) is 5.02 Å². The van der Waals surface area contributed by atoms with Gasteiger partial charge in [-0.2, -0.15) is 0 Å². The minimum absolute atomic E-state index is 0.0199. The van der Waals surface area contributed by atoms with Gasteiger partial charge in [0.2, 0.25) is 5.91 Å². The Labute approximate surface area is 123 Å². The first kappa shape index (κ1) is 16.5. The van der Waals surface area contributed by atoms with Gasteiger partial charge in [-0.3, -0.25) is 4.79 Å². The van der Waals surface area contributed by atoms with Crippen molar-refractivity contribution in [3.8, 4) is 0 Å². The van der Waals surface area contributed by atoms with Gasteiger partial charge in [-0.15, -0.1) is 0 Å². The number of amides is 1. The number of rotatable bonds is 8. The number of nitrogens with one attached hydrogen (secondary N) is 1. The molecule has 0 atom stereocenters. The zero-order chi connectivity index (χ0) is 15.0. The SMILES string of the molecule is NCCCCCCC(=O)Nc1ccc(C(=O)O)c(Cl)c1. The molecule has 0 aromatic heterocycles. The van der Waals surface area contributed by atoms with Crippen LogP contribution in [0.1, 0.15) is 42.5 Å². The highest BCUT2D eigenvalue weighted by atomic mass is 35.5. The average molecular weight is 299 g/mol. The van der Waals surface area contributed by atoms with E-state index in [2.05, 4.69) is 5.32 Å². The number of carbonyl (C=O) groups is 2. The molecule has 0 fully saturated rings. The number of aromatic carboxylic acids is 1. The number of carboxylic acid groups (broad SMARTS) is 1. The zero-order valence-electron chi connectivity index (χ0n) is 11.2.